The molecule has 6 rings (SSSR count). The zero-order valence-corrected chi connectivity index (χ0v) is 45.2. The summed E-state index contributed by atoms with van der Waals surface area (Å²) in [4.78, 5) is 66.0. The molecule has 23 heteroatoms. The highest BCUT2D eigenvalue weighted by Crippen LogP contribution is 2.30. The Hall–Kier alpha value is -5.47. The number of amides is 5. The van der Waals surface area contributed by atoms with Crippen molar-refractivity contribution in [1.29, 1.82) is 0 Å². The van der Waals surface area contributed by atoms with Gasteiger partial charge < -0.3 is 55.0 Å². The van der Waals surface area contributed by atoms with Gasteiger partial charge in [-0.3, -0.25) is 24.3 Å². The molecule has 4 atom stereocenters. The Morgan fingerprint density at radius 2 is 1.45 bits per heavy atom. The van der Waals surface area contributed by atoms with E-state index >= 15 is 0 Å². The Kier molecular flexibility index (Phi) is 22.9. The van der Waals surface area contributed by atoms with Gasteiger partial charge in [-0.25, -0.2) is 18.2 Å². The van der Waals surface area contributed by atoms with Crippen LogP contribution < -0.4 is 21.3 Å². The highest BCUT2D eigenvalue weighted by molar-refractivity contribution is 7.89. The minimum atomic E-state index is -3.69. The molecule has 2 fully saturated rings. The minimum Gasteiger partial charge on any atom is -0.391 e. The number of aliphatic hydroxyl groups excluding tert-OH is 1. The summed E-state index contributed by atoms with van der Waals surface area (Å²) in [6.45, 7) is 14.9. The number of aryl methyl sites for hydroxylation is 1. The smallest absolute Gasteiger partial charge is 0.319 e. The van der Waals surface area contributed by atoms with Crippen molar-refractivity contribution in [3.05, 3.63) is 95.4 Å². The summed E-state index contributed by atoms with van der Waals surface area (Å²) in [6.07, 6.45) is 2.51. The molecule has 75 heavy (non-hydrogen) atoms. The van der Waals surface area contributed by atoms with Gasteiger partial charge in [-0.15, -0.1) is 11.3 Å². The second-order valence-electron chi connectivity index (χ2n) is 19.3. The number of nitrogens with zero attached hydrogens (tertiary/aromatic N) is 5. The second kappa shape index (κ2) is 29.2. The fourth-order valence-electron chi connectivity index (χ4n) is 8.37. The molecule has 0 aliphatic carbocycles. The summed E-state index contributed by atoms with van der Waals surface area (Å²) in [7, 11) is -3.69. The number of likely N-dealkylation sites (tertiary alicyclic amines) is 1. The highest BCUT2D eigenvalue weighted by Gasteiger charge is 2.45. The van der Waals surface area contributed by atoms with E-state index in [1.54, 1.807) is 41.9 Å². The number of pyridine rings is 1. The van der Waals surface area contributed by atoms with Gasteiger partial charge in [0.25, 0.3) is 0 Å². The van der Waals surface area contributed by atoms with Crippen LogP contribution in [-0.2, 0) is 54.6 Å². The fraction of sp³-hybridized carbons (Fsp3) is 0.538. The number of aliphatic hydroxyl groups is 1. The number of aromatic nitrogens is 2. The van der Waals surface area contributed by atoms with Crippen LogP contribution in [0, 0.1) is 12.3 Å². The van der Waals surface area contributed by atoms with Gasteiger partial charge in [-0.1, -0.05) is 51.1 Å². The number of carbonyl (C=O) groups is 4. The van der Waals surface area contributed by atoms with Crippen LogP contribution in [0.2, 0.25) is 0 Å². The number of urea groups is 1. The lowest BCUT2D eigenvalue weighted by Crippen LogP contribution is -2.58. The maximum Gasteiger partial charge on any atom is 0.319 e. The van der Waals surface area contributed by atoms with Crippen LogP contribution in [-0.4, -0.2) is 185 Å². The standard InChI is InChI=1S/C52H73N9O12S2/c1-37(40-8-10-41(11-9-40)47-38(2)55-36-74-47)56-49(64)45-31-43(62)34-61(45)50(65)48(52(3,4)5)58-46(63)35-73-30-29-72-28-27-71-26-25-70-24-23-69-22-21-59-17-19-60(20-18-59)75(67,68)44-14-12-42(13-15-44)57-51(66)54-33-39-7-6-16-53-32-39/h6-16,32,36-37,43,45,48,62H,17-31,33-35H2,1-5H3,(H,56,64)(H,58,63)(H2,54,57,66)/t37-,43+,45-,48+/m0/s1. The predicted octanol–water partition coefficient (Wildman–Crippen LogP) is 3.59. The molecule has 4 heterocycles. The normalized spacial score (nSPS) is 17.3. The number of β-amino-alcohol motifs (C(OH)–C–C–N with tert-alkyl or cyclic N) is 1. The third kappa shape index (κ3) is 18.4. The summed E-state index contributed by atoms with van der Waals surface area (Å²) < 4.78 is 56.0. The Balaban J connectivity index is 0.755. The Morgan fingerprint density at radius 3 is 2.04 bits per heavy atom. The summed E-state index contributed by atoms with van der Waals surface area (Å²) in [5.41, 5.74) is 5.31. The van der Waals surface area contributed by atoms with Gasteiger partial charge in [-0.2, -0.15) is 4.31 Å². The SMILES string of the molecule is Cc1ncsc1-c1ccc([C@H](C)NC(=O)[C@@H]2C[C@@H](O)CN2C(=O)[C@@H](NC(=O)COCCOCCOCCOCCOCCN2CCN(S(=O)(=O)c3ccc(NC(=O)NCc4cccnc4)cc3)CC2)C(C)(C)C)cc1. The molecule has 2 aliphatic rings. The van der Waals surface area contributed by atoms with Crippen LogP contribution in [0.15, 0.2) is 83.5 Å². The first-order chi connectivity index (χ1) is 36.0. The van der Waals surface area contributed by atoms with Crippen LogP contribution in [0.1, 0.15) is 57.0 Å². The van der Waals surface area contributed by atoms with Crippen molar-refractivity contribution in [1.82, 2.24) is 40.0 Å². The number of hydrogen-bond acceptors (Lipinski definition) is 16. The first-order valence-electron chi connectivity index (χ1n) is 25.2. The first-order valence-corrected chi connectivity index (χ1v) is 27.5. The van der Waals surface area contributed by atoms with Crippen molar-refractivity contribution in [2.45, 2.75) is 76.7 Å². The van der Waals surface area contributed by atoms with Crippen molar-refractivity contribution >= 4 is 50.8 Å². The number of thiazole rings is 1. The van der Waals surface area contributed by atoms with E-state index in [-0.39, 0.29) is 49.6 Å². The number of ether oxygens (including phenoxy) is 5. The number of nitrogens with one attached hydrogen (secondary N) is 4. The minimum absolute atomic E-state index is 0.0307. The number of carbonyl (C=O) groups excluding carboxylic acids is 4. The van der Waals surface area contributed by atoms with E-state index in [0.717, 1.165) is 27.3 Å². The number of sulfonamides is 1. The molecule has 5 amide bonds. The van der Waals surface area contributed by atoms with E-state index < -0.39 is 51.5 Å². The summed E-state index contributed by atoms with van der Waals surface area (Å²) in [5, 5.41) is 21.9. The Morgan fingerprint density at radius 1 is 0.827 bits per heavy atom. The van der Waals surface area contributed by atoms with Crippen molar-refractivity contribution < 1.29 is 56.4 Å². The molecule has 0 bridgehead atoms. The lowest BCUT2D eigenvalue weighted by molar-refractivity contribution is -0.144. The molecule has 2 aromatic heterocycles. The van der Waals surface area contributed by atoms with E-state index in [4.69, 9.17) is 23.7 Å². The number of hydrogen-bond donors (Lipinski definition) is 5. The maximum absolute atomic E-state index is 14.0. The summed E-state index contributed by atoms with van der Waals surface area (Å²) >= 11 is 1.57. The van der Waals surface area contributed by atoms with Crippen molar-refractivity contribution in [3.8, 4) is 10.4 Å². The Labute approximate surface area is 444 Å². The lowest BCUT2D eigenvalue weighted by Gasteiger charge is -2.35. The van der Waals surface area contributed by atoms with Gasteiger partial charge in [-0.05, 0) is 66.3 Å². The molecule has 410 valence electrons. The van der Waals surface area contributed by atoms with E-state index in [9.17, 15) is 32.7 Å². The summed E-state index contributed by atoms with van der Waals surface area (Å²) in [6, 6.07) is 15.0. The number of piperazine rings is 1. The molecule has 0 unspecified atom stereocenters. The Bertz CT molecular complexity index is 2530. The second-order valence-corrected chi connectivity index (χ2v) is 22.1. The average Bonchev–Trinajstić information content (AvgIpc) is 4.02. The van der Waals surface area contributed by atoms with Crippen molar-refractivity contribution in [3.63, 3.8) is 0 Å². The van der Waals surface area contributed by atoms with Gasteiger partial charge in [0.1, 0.15) is 18.7 Å². The first kappa shape index (κ1) is 58.8. The van der Waals surface area contributed by atoms with Gasteiger partial charge in [0.05, 0.1) is 92.6 Å². The zero-order chi connectivity index (χ0) is 53.8. The average molecular weight is 1080 g/mol. The van der Waals surface area contributed by atoms with Gasteiger partial charge in [0, 0.05) is 70.3 Å². The highest BCUT2D eigenvalue weighted by atomic mass is 32.2. The van der Waals surface area contributed by atoms with E-state index in [1.807, 2.05) is 70.5 Å². The lowest BCUT2D eigenvalue weighted by atomic mass is 9.85. The van der Waals surface area contributed by atoms with Crippen molar-refractivity contribution in [2.75, 3.05) is 111 Å². The number of rotatable bonds is 28. The molecule has 21 nitrogen and oxygen atoms in total. The van der Waals surface area contributed by atoms with E-state index in [0.29, 0.717) is 91.2 Å². The fourth-order valence-corrected chi connectivity index (χ4v) is 10.6. The van der Waals surface area contributed by atoms with Crippen LogP contribution in [0.3, 0.4) is 0 Å². The number of benzene rings is 2. The molecule has 5 N–H and O–H groups in total. The topological polar surface area (TPSA) is 252 Å². The van der Waals surface area contributed by atoms with Crippen LogP contribution in [0.5, 0.6) is 0 Å². The van der Waals surface area contributed by atoms with E-state index in [2.05, 4.69) is 36.1 Å². The van der Waals surface area contributed by atoms with Crippen LogP contribution in [0.25, 0.3) is 10.4 Å². The summed E-state index contributed by atoms with van der Waals surface area (Å²) in [5.74, 6) is -1.33. The molecule has 0 radical (unpaired) electrons. The largest absolute Gasteiger partial charge is 0.391 e. The molecular formula is C52H73N9O12S2. The molecule has 4 aromatic rings. The van der Waals surface area contributed by atoms with Crippen LogP contribution >= 0.6 is 11.3 Å². The van der Waals surface area contributed by atoms with Crippen LogP contribution in [0.4, 0.5) is 10.5 Å². The predicted molar refractivity (Wildman–Crippen MR) is 282 cm³/mol. The zero-order valence-electron chi connectivity index (χ0n) is 43.5. The molecule has 0 saturated carbocycles. The third-order valence-corrected chi connectivity index (χ3v) is 15.5. The van der Waals surface area contributed by atoms with Gasteiger partial charge >= 0.3 is 6.03 Å². The molecule has 0 spiro atoms. The molecule has 2 saturated heterocycles. The maximum atomic E-state index is 14.0. The molecule has 2 aromatic carbocycles. The van der Waals surface area contributed by atoms with Crippen molar-refractivity contribution in [2.24, 2.45) is 5.41 Å². The van der Waals surface area contributed by atoms with Gasteiger partial charge in [0.15, 0.2) is 0 Å². The molecular weight excluding hydrogens is 1010 g/mol. The van der Waals surface area contributed by atoms with Gasteiger partial charge in [0.2, 0.25) is 27.7 Å². The number of anilines is 1. The monoisotopic (exact) mass is 1080 g/mol. The quantitative estimate of drug-likeness (QED) is 0.0510. The third-order valence-electron chi connectivity index (χ3n) is 12.6. The molecule has 2 aliphatic heterocycles. The van der Waals surface area contributed by atoms with E-state index in [1.165, 1.54) is 21.3 Å².